The average molecular weight is 396 g/mol. The molecule has 1 saturated heterocycles. The molecule has 24 heavy (non-hydrogen) atoms. The molecule has 1 aromatic heterocycles. The van der Waals surface area contributed by atoms with Crippen molar-refractivity contribution < 1.29 is 27.9 Å². The Hall–Kier alpha value is -1.69. The summed E-state index contributed by atoms with van der Waals surface area (Å²) in [6.07, 6.45) is 0.0171. The SMILES string of the molecule is CC(=O)N[C@@H]1C[C@H](C(=O)O)N(C(=O)c2cc(Cl)sc2S(N)(=O)=O)C1. The van der Waals surface area contributed by atoms with Crippen LogP contribution in [0.25, 0.3) is 0 Å². The zero-order valence-corrected chi connectivity index (χ0v) is 14.7. The summed E-state index contributed by atoms with van der Waals surface area (Å²) in [5, 5.41) is 16.9. The van der Waals surface area contributed by atoms with Crippen molar-refractivity contribution in [1.82, 2.24) is 10.2 Å². The number of hydrogen-bond donors (Lipinski definition) is 3. The summed E-state index contributed by atoms with van der Waals surface area (Å²) in [6.45, 7) is 1.21. The van der Waals surface area contributed by atoms with Gasteiger partial charge in [0.25, 0.3) is 5.91 Å². The number of sulfonamides is 1. The topological polar surface area (TPSA) is 147 Å². The molecule has 0 aliphatic carbocycles. The van der Waals surface area contributed by atoms with E-state index in [1.54, 1.807) is 0 Å². The molecule has 0 spiro atoms. The highest BCUT2D eigenvalue weighted by Gasteiger charge is 2.41. The van der Waals surface area contributed by atoms with Crippen LogP contribution in [0.5, 0.6) is 0 Å². The van der Waals surface area contributed by atoms with Crippen LogP contribution in [0, 0.1) is 0 Å². The molecule has 0 saturated carbocycles. The standard InChI is InChI=1S/C12H14ClN3O6S2/c1-5(17)15-6-2-8(11(19)20)16(4-6)10(18)7-3-9(13)23-12(7)24(14,21)22/h3,6,8H,2,4H2,1H3,(H,15,17)(H,19,20)(H2,14,21,22)/t6-,8-/m1/s1. The lowest BCUT2D eigenvalue weighted by atomic mass is 10.1. The summed E-state index contributed by atoms with van der Waals surface area (Å²) in [4.78, 5) is 36.2. The minimum atomic E-state index is -4.19. The van der Waals surface area contributed by atoms with Crippen molar-refractivity contribution in [2.24, 2.45) is 5.14 Å². The number of carbonyl (C=O) groups is 3. The summed E-state index contributed by atoms with van der Waals surface area (Å²) in [7, 11) is -4.19. The van der Waals surface area contributed by atoms with E-state index >= 15 is 0 Å². The maximum absolute atomic E-state index is 12.7. The van der Waals surface area contributed by atoms with Crippen LogP contribution in [-0.4, -0.2) is 54.8 Å². The number of primary sulfonamides is 1. The number of nitrogens with one attached hydrogen (secondary N) is 1. The van der Waals surface area contributed by atoms with Crippen molar-refractivity contribution in [3.63, 3.8) is 0 Å². The van der Waals surface area contributed by atoms with Gasteiger partial charge in [-0.25, -0.2) is 18.4 Å². The van der Waals surface area contributed by atoms with Crippen molar-refractivity contribution in [1.29, 1.82) is 0 Å². The third-order valence-corrected chi connectivity index (χ3v) is 6.15. The normalized spacial score (nSPS) is 20.9. The number of halogens is 1. The molecule has 1 aliphatic heterocycles. The van der Waals surface area contributed by atoms with Crippen LogP contribution < -0.4 is 10.5 Å². The predicted octanol–water partition coefficient (Wildman–Crippen LogP) is -0.147. The number of nitrogens with two attached hydrogens (primary N) is 1. The number of rotatable bonds is 4. The van der Waals surface area contributed by atoms with Crippen molar-refractivity contribution in [3.8, 4) is 0 Å². The van der Waals surface area contributed by atoms with Crippen LogP contribution in [0.15, 0.2) is 10.3 Å². The molecule has 12 heteroatoms. The van der Waals surface area contributed by atoms with Gasteiger partial charge in [-0.2, -0.15) is 0 Å². The average Bonchev–Trinajstić information content (AvgIpc) is 3.00. The van der Waals surface area contributed by atoms with E-state index in [1.807, 2.05) is 0 Å². The van der Waals surface area contributed by atoms with E-state index in [1.165, 1.54) is 6.92 Å². The largest absolute Gasteiger partial charge is 0.480 e. The molecule has 1 fully saturated rings. The minimum absolute atomic E-state index is 0.0171. The van der Waals surface area contributed by atoms with E-state index in [9.17, 15) is 27.9 Å². The van der Waals surface area contributed by atoms with Gasteiger partial charge >= 0.3 is 5.97 Å². The fraction of sp³-hybridized carbons (Fsp3) is 0.417. The molecule has 9 nitrogen and oxygen atoms in total. The van der Waals surface area contributed by atoms with Crippen molar-refractivity contribution in [2.75, 3.05) is 6.54 Å². The Kier molecular flexibility index (Phi) is 5.18. The number of amides is 2. The Labute approximate surface area is 146 Å². The second-order valence-electron chi connectivity index (χ2n) is 5.24. The summed E-state index contributed by atoms with van der Waals surface area (Å²) >= 11 is 6.39. The highest BCUT2D eigenvalue weighted by Crippen LogP contribution is 2.32. The Bertz CT molecular complexity index is 806. The van der Waals surface area contributed by atoms with E-state index in [-0.39, 0.29) is 28.8 Å². The highest BCUT2D eigenvalue weighted by atomic mass is 35.5. The zero-order valence-electron chi connectivity index (χ0n) is 12.4. The van der Waals surface area contributed by atoms with Crippen molar-refractivity contribution in [2.45, 2.75) is 29.6 Å². The number of hydrogen-bond acceptors (Lipinski definition) is 6. The second-order valence-corrected chi connectivity index (χ2v) is 8.68. The van der Waals surface area contributed by atoms with Gasteiger partial charge in [0.2, 0.25) is 15.9 Å². The summed E-state index contributed by atoms with van der Waals surface area (Å²) < 4.78 is 22.8. The lowest BCUT2D eigenvalue weighted by Crippen LogP contribution is -2.41. The lowest BCUT2D eigenvalue weighted by Gasteiger charge is -2.21. The summed E-state index contributed by atoms with van der Waals surface area (Å²) in [6, 6.07) is -0.597. The predicted molar refractivity (Wildman–Crippen MR) is 85.4 cm³/mol. The van der Waals surface area contributed by atoms with Gasteiger partial charge in [0.15, 0.2) is 0 Å². The maximum Gasteiger partial charge on any atom is 0.326 e. The van der Waals surface area contributed by atoms with Gasteiger partial charge in [-0.15, -0.1) is 11.3 Å². The molecule has 0 radical (unpaired) electrons. The number of nitrogens with zero attached hydrogens (tertiary/aromatic N) is 1. The monoisotopic (exact) mass is 395 g/mol. The fourth-order valence-corrected chi connectivity index (χ4v) is 4.82. The molecule has 0 unspecified atom stereocenters. The van der Waals surface area contributed by atoms with E-state index in [0.29, 0.717) is 11.3 Å². The van der Waals surface area contributed by atoms with Crippen LogP contribution in [0.2, 0.25) is 4.34 Å². The van der Waals surface area contributed by atoms with Crippen LogP contribution in [0.1, 0.15) is 23.7 Å². The molecule has 1 aliphatic rings. The van der Waals surface area contributed by atoms with E-state index in [0.717, 1.165) is 11.0 Å². The first-order valence-corrected chi connectivity index (χ1v) is 9.37. The molecule has 132 valence electrons. The molecule has 0 bridgehead atoms. The number of aliphatic carboxylic acids is 1. The van der Waals surface area contributed by atoms with E-state index in [4.69, 9.17) is 16.7 Å². The highest BCUT2D eigenvalue weighted by molar-refractivity contribution is 7.91. The summed E-state index contributed by atoms with van der Waals surface area (Å²) in [5.41, 5.74) is -0.276. The Morgan fingerprint density at radius 2 is 2.08 bits per heavy atom. The van der Waals surface area contributed by atoms with Crippen LogP contribution in [0.4, 0.5) is 0 Å². The maximum atomic E-state index is 12.7. The zero-order chi connectivity index (χ0) is 18.2. The fourth-order valence-electron chi connectivity index (χ4n) is 2.55. The third-order valence-electron chi connectivity index (χ3n) is 3.41. The third kappa shape index (κ3) is 3.86. The molecule has 2 rings (SSSR count). The Morgan fingerprint density at radius 1 is 1.46 bits per heavy atom. The molecule has 4 N–H and O–H groups in total. The van der Waals surface area contributed by atoms with Gasteiger partial charge in [0.1, 0.15) is 10.3 Å². The first-order chi connectivity index (χ1) is 11.0. The van der Waals surface area contributed by atoms with Crippen LogP contribution >= 0.6 is 22.9 Å². The summed E-state index contributed by atoms with van der Waals surface area (Å²) in [5.74, 6) is -2.43. The van der Waals surface area contributed by atoms with Gasteiger partial charge in [-0.3, -0.25) is 9.59 Å². The number of carboxylic acids is 1. The van der Waals surface area contributed by atoms with Gasteiger partial charge in [-0.1, -0.05) is 11.6 Å². The van der Waals surface area contributed by atoms with Crippen molar-refractivity contribution in [3.05, 3.63) is 16.0 Å². The first kappa shape index (κ1) is 18.6. The van der Waals surface area contributed by atoms with Gasteiger partial charge in [0, 0.05) is 25.9 Å². The van der Waals surface area contributed by atoms with Gasteiger partial charge in [0.05, 0.1) is 9.90 Å². The smallest absolute Gasteiger partial charge is 0.326 e. The van der Waals surface area contributed by atoms with Crippen LogP contribution in [-0.2, 0) is 19.6 Å². The molecule has 2 heterocycles. The number of thiophene rings is 1. The van der Waals surface area contributed by atoms with E-state index < -0.39 is 38.2 Å². The molecule has 2 atom stereocenters. The number of carboxylic acid groups (broad SMARTS) is 1. The molecular weight excluding hydrogens is 382 g/mol. The molecule has 1 aromatic rings. The molecular formula is C12H14ClN3O6S2. The van der Waals surface area contributed by atoms with E-state index in [2.05, 4.69) is 5.32 Å². The quantitative estimate of drug-likeness (QED) is 0.646. The lowest BCUT2D eigenvalue weighted by molar-refractivity contribution is -0.141. The first-order valence-electron chi connectivity index (χ1n) is 6.63. The second kappa shape index (κ2) is 6.67. The molecule has 2 amide bonds. The van der Waals surface area contributed by atoms with Gasteiger partial charge < -0.3 is 15.3 Å². The Balaban J connectivity index is 2.37. The molecule has 0 aromatic carbocycles. The van der Waals surface area contributed by atoms with Gasteiger partial charge in [-0.05, 0) is 6.07 Å². The minimum Gasteiger partial charge on any atom is -0.480 e. The number of carbonyl (C=O) groups excluding carboxylic acids is 2. The van der Waals surface area contributed by atoms with Crippen molar-refractivity contribution >= 4 is 50.7 Å². The van der Waals surface area contributed by atoms with Crippen LogP contribution in [0.3, 0.4) is 0 Å². The number of likely N-dealkylation sites (tertiary alicyclic amines) is 1. The Morgan fingerprint density at radius 3 is 2.58 bits per heavy atom.